The number of ether oxygens (including phenoxy) is 1. The van der Waals surface area contributed by atoms with Gasteiger partial charge < -0.3 is 14.6 Å². The fourth-order valence-corrected chi connectivity index (χ4v) is 2.48. The molecule has 0 radical (unpaired) electrons. The van der Waals surface area contributed by atoms with Crippen LogP contribution in [0, 0.1) is 0 Å². The predicted molar refractivity (Wildman–Crippen MR) is 64.9 cm³/mol. The van der Waals surface area contributed by atoms with Crippen molar-refractivity contribution >= 4 is 10.9 Å². The second-order valence-electron chi connectivity index (χ2n) is 4.48. The van der Waals surface area contributed by atoms with Crippen LogP contribution in [0.3, 0.4) is 0 Å². The van der Waals surface area contributed by atoms with E-state index in [1.807, 2.05) is 6.07 Å². The first-order chi connectivity index (χ1) is 7.78. The molecule has 2 aromatic rings. The molecule has 0 fully saturated rings. The number of hydrogen-bond acceptors (Lipinski definition) is 2. The molecule has 0 amide bonds. The summed E-state index contributed by atoms with van der Waals surface area (Å²) in [6.07, 6.45) is 1.12. The number of nitrogens with zero attached hydrogens (tertiary/aromatic N) is 1. The zero-order chi connectivity index (χ0) is 11.1. The fraction of sp³-hybridized carbons (Fsp3) is 0.385. The van der Waals surface area contributed by atoms with Crippen LogP contribution in [0.25, 0.3) is 10.9 Å². The molecule has 1 aromatic carbocycles. The first-order valence-corrected chi connectivity index (χ1v) is 5.64. The molecular weight excluding hydrogens is 200 g/mol. The second kappa shape index (κ2) is 3.52. The number of fused-ring (bicyclic) bond motifs is 3. The van der Waals surface area contributed by atoms with E-state index in [9.17, 15) is 0 Å². The SMILES string of the molecule is COc1ccc2[nH]c3c(c2c1)CCN(C)C3. The van der Waals surface area contributed by atoms with Crippen LogP contribution in [0.2, 0.25) is 0 Å². The molecule has 0 bridgehead atoms. The Labute approximate surface area is 95.0 Å². The Morgan fingerprint density at radius 3 is 3.06 bits per heavy atom. The molecular formula is C13H16N2O. The molecule has 0 saturated carbocycles. The first kappa shape index (κ1) is 9.73. The van der Waals surface area contributed by atoms with Gasteiger partial charge in [-0.15, -0.1) is 0 Å². The summed E-state index contributed by atoms with van der Waals surface area (Å²) in [5, 5.41) is 1.32. The lowest BCUT2D eigenvalue weighted by Crippen LogP contribution is -2.26. The minimum atomic E-state index is 0.938. The van der Waals surface area contributed by atoms with Gasteiger partial charge >= 0.3 is 0 Å². The summed E-state index contributed by atoms with van der Waals surface area (Å²) in [5.41, 5.74) is 4.05. The third-order valence-corrected chi connectivity index (χ3v) is 3.37. The van der Waals surface area contributed by atoms with Gasteiger partial charge in [0.25, 0.3) is 0 Å². The number of hydrogen-bond donors (Lipinski definition) is 1. The van der Waals surface area contributed by atoms with Crippen molar-refractivity contribution in [3.8, 4) is 5.75 Å². The second-order valence-corrected chi connectivity index (χ2v) is 4.48. The van der Waals surface area contributed by atoms with Crippen LogP contribution in [0.5, 0.6) is 5.75 Å². The monoisotopic (exact) mass is 216 g/mol. The van der Waals surface area contributed by atoms with Gasteiger partial charge in [0, 0.05) is 29.7 Å². The zero-order valence-electron chi connectivity index (χ0n) is 9.71. The van der Waals surface area contributed by atoms with Crippen molar-refractivity contribution in [1.29, 1.82) is 0 Å². The molecule has 0 unspecified atom stereocenters. The Morgan fingerprint density at radius 2 is 2.25 bits per heavy atom. The number of likely N-dealkylation sites (N-methyl/N-ethyl adjacent to an activating group) is 1. The molecule has 1 aliphatic heterocycles. The van der Waals surface area contributed by atoms with Gasteiger partial charge in [-0.2, -0.15) is 0 Å². The normalized spacial score (nSPS) is 16.4. The van der Waals surface area contributed by atoms with Gasteiger partial charge in [-0.3, -0.25) is 0 Å². The number of rotatable bonds is 1. The van der Waals surface area contributed by atoms with E-state index in [2.05, 4.69) is 29.1 Å². The molecule has 0 spiro atoms. The number of benzene rings is 1. The largest absolute Gasteiger partial charge is 0.497 e. The molecule has 3 rings (SSSR count). The summed E-state index contributed by atoms with van der Waals surface area (Å²) in [4.78, 5) is 5.84. The van der Waals surface area contributed by atoms with Crippen LogP contribution in [0.15, 0.2) is 18.2 Å². The third-order valence-electron chi connectivity index (χ3n) is 3.37. The van der Waals surface area contributed by atoms with Gasteiger partial charge in [0.1, 0.15) is 5.75 Å². The van der Waals surface area contributed by atoms with E-state index < -0.39 is 0 Å². The van der Waals surface area contributed by atoms with E-state index in [1.165, 1.54) is 22.2 Å². The predicted octanol–water partition coefficient (Wildman–Crippen LogP) is 2.16. The molecule has 0 saturated heterocycles. The first-order valence-electron chi connectivity index (χ1n) is 5.64. The van der Waals surface area contributed by atoms with E-state index in [0.29, 0.717) is 0 Å². The Morgan fingerprint density at radius 1 is 1.38 bits per heavy atom. The van der Waals surface area contributed by atoms with E-state index in [-0.39, 0.29) is 0 Å². The number of H-pyrrole nitrogens is 1. The molecule has 16 heavy (non-hydrogen) atoms. The van der Waals surface area contributed by atoms with Crippen molar-refractivity contribution in [2.45, 2.75) is 13.0 Å². The lowest BCUT2D eigenvalue weighted by atomic mass is 10.0. The van der Waals surface area contributed by atoms with Crippen molar-refractivity contribution in [3.05, 3.63) is 29.5 Å². The smallest absolute Gasteiger partial charge is 0.119 e. The van der Waals surface area contributed by atoms with Crippen LogP contribution < -0.4 is 4.74 Å². The maximum Gasteiger partial charge on any atom is 0.119 e. The highest BCUT2D eigenvalue weighted by molar-refractivity contribution is 5.86. The molecule has 1 N–H and O–H groups in total. The summed E-state index contributed by atoms with van der Waals surface area (Å²) in [6, 6.07) is 6.25. The highest BCUT2D eigenvalue weighted by atomic mass is 16.5. The van der Waals surface area contributed by atoms with Crippen molar-refractivity contribution < 1.29 is 4.74 Å². The Hall–Kier alpha value is -1.48. The van der Waals surface area contributed by atoms with E-state index in [4.69, 9.17) is 4.74 Å². The van der Waals surface area contributed by atoms with E-state index in [0.717, 1.165) is 25.3 Å². The molecule has 3 nitrogen and oxygen atoms in total. The van der Waals surface area contributed by atoms with Gasteiger partial charge in [0.15, 0.2) is 0 Å². The van der Waals surface area contributed by atoms with Gasteiger partial charge in [-0.1, -0.05) is 0 Å². The number of aromatic nitrogens is 1. The summed E-state index contributed by atoms with van der Waals surface area (Å²) in [7, 11) is 3.88. The van der Waals surface area contributed by atoms with Crippen molar-refractivity contribution in [1.82, 2.24) is 9.88 Å². The molecule has 1 aliphatic rings. The number of aromatic amines is 1. The summed E-state index contributed by atoms with van der Waals surface area (Å²) >= 11 is 0. The van der Waals surface area contributed by atoms with E-state index in [1.54, 1.807) is 7.11 Å². The highest BCUT2D eigenvalue weighted by Crippen LogP contribution is 2.29. The van der Waals surface area contributed by atoms with E-state index >= 15 is 0 Å². The lowest BCUT2D eigenvalue weighted by Gasteiger charge is -2.22. The fourth-order valence-electron chi connectivity index (χ4n) is 2.48. The lowest BCUT2D eigenvalue weighted by molar-refractivity contribution is 0.310. The molecule has 2 heterocycles. The highest BCUT2D eigenvalue weighted by Gasteiger charge is 2.18. The average molecular weight is 216 g/mol. The molecule has 0 aliphatic carbocycles. The summed E-state index contributed by atoms with van der Waals surface area (Å²) in [6.45, 7) is 2.16. The maximum absolute atomic E-state index is 5.28. The topological polar surface area (TPSA) is 28.3 Å². The van der Waals surface area contributed by atoms with Crippen LogP contribution >= 0.6 is 0 Å². The zero-order valence-corrected chi connectivity index (χ0v) is 9.71. The van der Waals surface area contributed by atoms with Gasteiger partial charge in [0.05, 0.1) is 7.11 Å². The van der Waals surface area contributed by atoms with Gasteiger partial charge in [-0.05, 0) is 37.2 Å². The van der Waals surface area contributed by atoms with Crippen LogP contribution in [-0.4, -0.2) is 30.6 Å². The molecule has 3 heteroatoms. The number of nitrogens with one attached hydrogen (secondary N) is 1. The Bertz CT molecular complexity index is 530. The van der Waals surface area contributed by atoms with Crippen LogP contribution in [-0.2, 0) is 13.0 Å². The van der Waals surface area contributed by atoms with Crippen LogP contribution in [0.1, 0.15) is 11.3 Å². The molecule has 84 valence electrons. The van der Waals surface area contributed by atoms with Crippen molar-refractivity contribution in [3.63, 3.8) is 0 Å². The summed E-state index contributed by atoms with van der Waals surface area (Å²) in [5.74, 6) is 0.938. The minimum Gasteiger partial charge on any atom is -0.497 e. The van der Waals surface area contributed by atoms with Crippen LogP contribution in [0.4, 0.5) is 0 Å². The van der Waals surface area contributed by atoms with Crippen molar-refractivity contribution in [2.75, 3.05) is 20.7 Å². The standard InChI is InChI=1S/C13H16N2O/c1-15-6-5-10-11-7-9(16-2)3-4-12(11)14-13(10)8-15/h3-4,7,14H,5-6,8H2,1-2H3. The summed E-state index contributed by atoms with van der Waals surface area (Å²) < 4.78 is 5.28. The Kier molecular flexibility index (Phi) is 2.14. The third kappa shape index (κ3) is 1.39. The van der Waals surface area contributed by atoms with Gasteiger partial charge in [0.2, 0.25) is 0 Å². The molecule has 0 atom stereocenters. The average Bonchev–Trinajstić information content (AvgIpc) is 2.65. The van der Waals surface area contributed by atoms with Gasteiger partial charge in [-0.25, -0.2) is 0 Å². The maximum atomic E-state index is 5.28. The van der Waals surface area contributed by atoms with Crippen molar-refractivity contribution in [2.24, 2.45) is 0 Å². The molecule has 1 aromatic heterocycles. The quantitative estimate of drug-likeness (QED) is 0.791. The minimum absolute atomic E-state index is 0.938. The number of methoxy groups -OCH3 is 1. The Balaban J connectivity index is 2.18.